The van der Waals surface area contributed by atoms with Crippen LogP contribution >= 0.6 is 0 Å². The van der Waals surface area contributed by atoms with E-state index in [1.807, 2.05) is 13.8 Å². The molecule has 3 heteroatoms. The van der Waals surface area contributed by atoms with Gasteiger partial charge in [0.1, 0.15) is 0 Å². The second-order valence-electron chi connectivity index (χ2n) is 7.39. The van der Waals surface area contributed by atoms with Gasteiger partial charge in [-0.2, -0.15) is 0 Å². The predicted molar refractivity (Wildman–Crippen MR) is 91.1 cm³/mol. The topological polar surface area (TPSA) is 36.4 Å². The van der Waals surface area contributed by atoms with Crippen LogP contribution < -0.4 is 0 Å². The third-order valence-corrected chi connectivity index (χ3v) is 4.63. The predicted octanol–water partition coefficient (Wildman–Crippen LogP) is 3.57. The molecule has 1 aromatic carbocycles. The van der Waals surface area contributed by atoms with Gasteiger partial charge in [0.15, 0.2) is 0 Å². The second-order valence-corrected chi connectivity index (χ2v) is 7.39. The highest BCUT2D eigenvalue weighted by atomic mass is 16.3. The molecule has 0 unspecified atom stereocenters. The maximum atomic E-state index is 10.8. The van der Waals surface area contributed by atoms with Gasteiger partial charge in [-0.05, 0) is 55.6 Å². The van der Waals surface area contributed by atoms with E-state index in [4.69, 9.17) is 4.98 Å². The van der Waals surface area contributed by atoms with Crippen molar-refractivity contribution in [3.8, 4) is 0 Å². The van der Waals surface area contributed by atoms with Crippen molar-refractivity contribution in [3.05, 3.63) is 40.6 Å². The number of aliphatic hydroxyl groups is 1. The molecule has 0 radical (unpaired) electrons. The summed E-state index contributed by atoms with van der Waals surface area (Å²) in [6.45, 7) is 10.1. The minimum absolute atomic E-state index is 0.470. The molecule has 1 aromatic heterocycles. The summed E-state index contributed by atoms with van der Waals surface area (Å²) in [6.07, 6.45) is 0.955. The first kappa shape index (κ1) is 15.4. The Bertz CT molecular complexity index is 713. The van der Waals surface area contributed by atoms with Gasteiger partial charge in [0.2, 0.25) is 0 Å². The highest BCUT2D eigenvalue weighted by Crippen LogP contribution is 2.36. The number of aromatic nitrogens is 1. The van der Waals surface area contributed by atoms with E-state index in [1.54, 1.807) is 0 Å². The quantitative estimate of drug-likeness (QED) is 0.920. The second kappa shape index (κ2) is 5.32. The van der Waals surface area contributed by atoms with Crippen LogP contribution in [0.4, 0.5) is 0 Å². The van der Waals surface area contributed by atoms with Crippen LogP contribution in [0.3, 0.4) is 0 Å². The molecule has 118 valence electrons. The van der Waals surface area contributed by atoms with E-state index >= 15 is 0 Å². The average molecular weight is 298 g/mol. The standard InChI is InChI=1S/C19H26N2O/c1-12(2)13-6-7-16-14(10-13)18(19(3,4)22)15-11-21(5)9-8-17(15)20-16/h6-7,10,12,22H,8-9,11H2,1-5H3. The SMILES string of the molecule is CC(C)c1ccc2nc3c(c(C(C)(C)O)c2c1)CN(C)CC3. The molecule has 0 atom stereocenters. The number of nitrogens with zero attached hydrogens (tertiary/aromatic N) is 2. The van der Waals surface area contributed by atoms with E-state index in [0.29, 0.717) is 5.92 Å². The molecular formula is C19H26N2O. The molecule has 0 saturated heterocycles. The molecule has 0 aliphatic carbocycles. The van der Waals surface area contributed by atoms with Crippen molar-refractivity contribution in [1.82, 2.24) is 9.88 Å². The lowest BCUT2D eigenvalue weighted by Gasteiger charge is -2.31. The fourth-order valence-corrected chi connectivity index (χ4v) is 3.45. The van der Waals surface area contributed by atoms with Crippen LogP contribution in [0.5, 0.6) is 0 Å². The van der Waals surface area contributed by atoms with Crippen molar-refractivity contribution in [3.63, 3.8) is 0 Å². The number of fused-ring (bicyclic) bond motifs is 2. The number of hydrogen-bond acceptors (Lipinski definition) is 3. The third-order valence-electron chi connectivity index (χ3n) is 4.63. The highest BCUT2D eigenvalue weighted by molar-refractivity contribution is 5.85. The summed E-state index contributed by atoms with van der Waals surface area (Å²) >= 11 is 0. The minimum atomic E-state index is -0.862. The van der Waals surface area contributed by atoms with Gasteiger partial charge >= 0.3 is 0 Å². The van der Waals surface area contributed by atoms with Gasteiger partial charge < -0.3 is 10.0 Å². The average Bonchev–Trinajstić information content (AvgIpc) is 2.42. The van der Waals surface area contributed by atoms with Crippen LogP contribution in [0.1, 0.15) is 56.0 Å². The van der Waals surface area contributed by atoms with Gasteiger partial charge in [0.05, 0.1) is 11.1 Å². The molecule has 2 aromatic rings. The molecule has 0 amide bonds. The molecule has 3 nitrogen and oxygen atoms in total. The van der Waals surface area contributed by atoms with E-state index in [2.05, 4.69) is 44.0 Å². The van der Waals surface area contributed by atoms with Crippen LogP contribution in [0.15, 0.2) is 18.2 Å². The zero-order valence-electron chi connectivity index (χ0n) is 14.3. The normalized spacial score (nSPS) is 16.3. The van der Waals surface area contributed by atoms with Crippen LogP contribution in [0.25, 0.3) is 10.9 Å². The molecular weight excluding hydrogens is 272 g/mol. The Hall–Kier alpha value is -1.45. The van der Waals surface area contributed by atoms with Crippen molar-refractivity contribution in [2.24, 2.45) is 0 Å². The highest BCUT2D eigenvalue weighted by Gasteiger charge is 2.28. The Morgan fingerprint density at radius 1 is 1.27 bits per heavy atom. The zero-order chi connectivity index (χ0) is 16.1. The van der Waals surface area contributed by atoms with Crippen molar-refractivity contribution in [2.45, 2.75) is 52.2 Å². The molecule has 1 N–H and O–H groups in total. The van der Waals surface area contributed by atoms with E-state index in [-0.39, 0.29) is 0 Å². The lowest BCUT2D eigenvalue weighted by atomic mass is 9.85. The van der Waals surface area contributed by atoms with Crippen molar-refractivity contribution in [2.75, 3.05) is 13.6 Å². The summed E-state index contributed by atoms with van der Waals surface area (Å²) in [4.78, 5) is 7.19. The maximum absolute atomic E-state index is 10.8. The van der Waals surface area contributed by atoms with Crippen LogP contribution in [-0.4, -0.2) is 28.6 Å². The lowest BCUT2D eigenvalue weighted by molar-refractivity contribution is 0.0778. The van der Waals surface area contributed by atoms with Crippen molar-refractivity contribution >= 4 is 10.9 Å². The summed E-state index contributed by atoms with van der Waals surface area (Å²) in [6, 6.07) is 6.49. The van der Waals surface area contributed by atoms with Gasteiger partial charge in [0, 0.05) is 30.6 Å². The van der Waals surface area contributed by atoms with E-state index in [1.165, 1.54) is 11.1 Å². The first-order valence-corrected chi connectivity index (χ1v) is 8.14. The smallest absolute Gasteiger partial charge is 0.0850 e. The number of hydrogen-bond donors (Lipinski definition) is 1. The largest absolute Gasteiger partial charge is 0.386 e. The molecule has 1 aliphatic heterocycles. The minimum Gasteiger partial charge on any atom is -0.386 e. The van der Waals surface area contributed by atoms with Gasteiger partial charge in [-0.3, -0.25) is 4.98 Å². The van der Waals surface area contributed by atoms with Gasteiger partial charge in [-0.15, -0.1) is 0 Å². The molecule has 0 spiro atoms. The Balaban J connectivity index is 2.35. The Labute approximate surface area is 133 Å². The maximum Gasteiger partial charge on any atom is 0.0850 e. The third kappa shape index (κ3) is 2.64. The van der Waals surface area contributed by atoms with Gasteiger partial charge in [-0.25, -0.2) is 0 Å². The number of pyridine rings is 1. The summed E-state index contributed by atoms with van der Waals surface area (Å²) in [5.41, 5.74) is 4.86. The first-order valence-electron chi connectivity index (χ1n) is 8.14. The summed E-state index contributed by atoms with van der Waals surface area (Å²) < 4.78 is 0. The summed E-state index contributed by atoms with van der Waals surface area (Å²) in [7, 11) is 2.13. The van der Waals surface area contributed by atoms with E-state index in [0.717, 1.165) is 41.7 Å². The fraction of sp³-hybridized carbons (Fsp3) is 0.526. The summed E-state index contributed by atoms with van der Waals surface area (Å²) in [5.74, 6) is 0.470. The monoisotopic (exact) mass is 298 g/mol. The Morgan fingerprint density at radius 3 is 2.64 bits per heavy atom. The zero-order valence-corrected chi connectivity index (χ0v) is 14.3. The van der Waals surface area contributed by atoms with Crippen LogP contribution in [0.2, 0.25) is 0 Å². The van der Waals surface area contributed by atoms with Crippen molar-refractivity contribution in [1.29, 1.82) is 0 Å². The molecule has 22 heavy (non-hydrogen) atoms. The molecule has 1 aliphatic rings. The van der Waals surface area contributed by atoms with E-state index in [9.17, 15) is 5.11 Å². The van der Waals surface area contributed by atoms with Crippen LogP contribution in [0, 0.1) is 0 Å². The fourth-order valence-electron chi connectivity index (χ4n) is 3.45. The molecule has 0 saturated carbocycles. The number of rotatable bonds is 2. The molecule has 2 heterocycles. The molecule has 0 bridgehead atoms. The summed E-state index contributed by atoms with van der Waals surface area (Å²) in [5, 5.41) is 11.9. The lowest BCUT2D eigenvalue weighted by Crippen LogP contribution is -2.31. The first-order chi connectivity index (χ1) is 10.3. The van der Waals surface area contributed by atoms with Crippen LogP contribution in [-0.2, 0) is 18.6 Å². The molecule has 0 fully saturated rings. The molecule has 3 rings (SSSR count). The Morgan fingerprint density at radius 2 is 2.00 bits per heavy atom. The van der Waals surface area contributed by atoms with Gasteiger partial charge in [0.25, 0.3) is 0 Å². The van der Waals surface area contributed by atoms with Crippen molar-refractivity contribution < 1.29 is 5.11 Å². The van der Waals surface area contributed by atoms with E-state index < -0.39 is 5.60 Å². The number of likely N-dealkylation sites (N-methyl/N-ethyl adjacent to an activating group) is 1. The Kier molecular flexibility index (Phi) is 3.74. The van der Waals surface area contributed by atoms with Gasteiger partial charge in [-0.1, -0.05) is 19.9 Å². The number of benzene rings is 1.